The summed E-state index contributed by atoms with van der Waals surface area (Å²) < 4.78 is 1.27. The number of anilines is 4. The van der Waals surface area contributed by atoms with E-state index in [0.717, 1.165) is 11.4 Å². The van der Waals surface area contributed by atoms with Crippen LogP contribution in [0.2, 0.25) is 0 Å². The van der Waals surface area contributed by atoms with Crippen LogP contribution in [0.1, 0.15) is 4.79 Å². The molecule has 0 aliphatic carbocycles. The lowest BCUT2D eigenvalue weighted by molar-refractivity contribution is 0.0928. The Morgan fingerprint density at radius 2 is 1.52 bits per heavy atom. The average molecular weight is 327 g/mol. The van der Waals surface area contributed by atoms with E-state index in [1.165, 1.54) is 4.68 Å². The molecule has 0 amide bonds. The van der Waals surface area contributed by atoms with Crippen LogP contribution in [-0.4, -0.2) is 21.6 Å². The summed E-state index contributed by atoms with van der Waals surface area (Å²) >= 11 is 5.67. The van der Waals surface area contributed by atoms with Crippen LogP contribution < -0.4 is 10.6 Å². The first-order valence-corrected chi connectivity index (χ1v) is 7.63. The third-order valence-electron chi connectivity index (χ3n) is 3.15. The molecular weight excluding hydrogens is 312 g/mol. The zero-order valence-corrected chi connectivity index (χ0v) is 13.0. The van der Waals surface area contributed by atoms with Crippen LogP contribution in [0.3, 0.4) is 0 Å². The number of rotatable bonds is 5. The van der Waals surface area contributed by atoms with E-state index in [1.54, 1.807) is 6.07 Å². The second-order valence-electron chi connectivity index (χ2n) is 4.84. The van der Waals surface area contributed by atoms with Crippen LogP contribution in [0.4, 0.5) is 23.0 Å². The van der Waals surface area contributed by atoms with E-state index in [1.807, 2.05) is 60.7 Å². The molecule has 0 unspecified atom stereocenters. The molecule has 3 rings (SSSR count). The van der Waals surface area contributed by atoms with Crippen LogP contribution >= 0.6 is 11.6 Å². The van der Waals surface area contributed by atoms with Crippen molar-refractivity contribution in [1.29, 1.82) is 0 Å². The highest BCUT2D eigenvalue weighted by molar-refractivity contribution is 6.27. The molecule has 3 aromatic rings. The number of alkyl halides is 1. The Balaban J connectivity index is 1.89. The second-order valence-corrected chi connectivity index (χ2v) is 5.10. The normalized spacial score (nSPS) is 10.3. The molecule has 0 saturated heterocycles. The minimum atomic E-state index is -0.300. The molecule has 0 bridgehead atoms. The van der Waals surface area contributed by atoms with Crippen LogP contribution in [0.5, 0.6) is 0 Å². The van der Waals surface area contributed by atoms with Crippen LogP contribution in [0.25, 0.3) is 0 Å². The van der Waals surface area contributed by atoms with Crippen molar-refractivity contribution in [3.05, 3.63) is 66.7 Å². The third-order valence-corrected chi connectivity index (χ3v) is 3.38. The lowest BCUT2D eigenvalue weighted by atomic mass is 10.3. The van der Waals surface area contributed by atoms with Crippen molar-refractivity contribution in [3.63, 3.8) is 0 Å². The number of nitrogens with zero attached hydrogens (tertiary/aromatic N) is 2. The van der Waals surface area contributed by atoms with Crippen molar-refractivity contribution in [2.24, 2.45) is 0 Å². The quantitative estimate of drug-likeness (QED) is 0.688. The Hall–Kier alpha value is -2.79. The van der Waals surface area contributed by atoms with E-state index in [4.69, 9.17) is 11.6 Å². The first kappa shape index (κ1) is 15.1. The van der Waals surface area contributed by atoms with Crippen LogP contribution in [0, 0.1) is 0 Å². The predicted molar refractivity (Wildman–Crippen MR) is 93.0 cm³/mol. The molecule has 0 radical (unpaired) electrons. The Kier molecular flexibility index (Phi) is 4.59. The number of benzene rings is 2. The van der Waals surface area contributed by atoms with Gasteiger partial charge in [-0.15, -0.1) is 16.7 Å². The van der Waals surface area contributed by atoms with Crippen molar-refractivity contribution in [2.75, 3.05) is 16.5 Å². The largest absolute Gasteiger partial charge is 0.340 e. The van der Waals surface area contributed by atoms with Gasteiger partial charge in [-0.3, -0.25) is 4.79 Å². The maximum absolute atomic E-state index is 12.0. The maximum atomic E-state index is 12.0. The van der Waals surface area contributed by atoms with Gasteiger partial charge in [0, 0.05) is 17.4 Å². The Labute approximate surface area is 138 Å². The summed E-state index contributed by atoms with van der Waals surface area (Å²) in [7, 11) is 0. The van der Waals surface area contributed by atoms with E-state index in [-0.39, 0.29) is 11.8 Å². The smallest absolute Gasteiger partial charge is 0.263 e. The number of hydrogen-bond acceptors (Lipinski definition) is 4. The minimum absolute atomic E-state index is 0.143. The molecule has 116 valence electrons. The molecule has 6 heteroatoms. The number of carbonyl (C=O) groups excluding carboxylic acids is 1. The van der Waals surface area contributed by atoms with Gasteiger partial charge in [-0.25, -0.2) is 0 Å². The van der Waals surface area contributed by atoms with Gasteiger partial charge < -0.3 is 10.6 Å². The first-order valence-electron chi connectivity index (χ1n) is 7.09. The maximum Gasteiger partial charge on any atom is 0.263 e. The molecule has 0 aliphatic heterocycles. The summed E-state index contributed by atoms with van der Waals surface area (Å²) in [4.78, 5) is 12.0. The van der Waals surface area contributed by atoms with Crippen molar-refractivity contribution in [3.8, 4) is 0 Å². The van der Waals surface area contributed by atoms with E-state index in [2.05, 4.69) is 15.7 Å². The average Bonchev–Trinajstić information content (AvgIpc) is 2.98. The molecule has 0 aliphatic rings. The van der Waals surface area contributed by atoms with Crippen molar-refractivity contribution in [2.45, 2.75) is 0 Å². The summed E-state index contributed by atoms with van der Waals surface area (Å²) in [5.74, 6) is 0.676. The molecule has 1 aromatic heterocycles. The Morgan fingerprint density at radius 3 is 2.09 bits per heavy atom. The number of carbonyl (C=O) groups is 1. The molecule has 23 heavy (non-hydrogen) atoms. The predicted octanol–water partition coefficient (Wildman–Crippen LogP) is 4.25. The SMILES string of the molecule is O=C(CCl)n1nc(Nc2ccccc2)cc1Nc1ccccc1. The van der Waals surface area contributed by atoms with Gasteiger partial charge in [0.15, 0.2) is 5.82 Å². The number of nitrogens with one attached hydrogen (secondary N) is 2. The zero-order chi connectivity index (χ0) is 16.1. The fourth-order valence-electron chi connectivity index (χ4n) is 2.12. The van der Waals surface area contributed by atoms with Gasteiger partial charge in [0.25, 0.3) is 5.91 Å². The molecule has 2 aromatic carbocycles. The second kappa shape index (κ2) is 6.98. The fraction of sp³-hybridized carbons (Fsp3) is 0.0588. The number of aromatic nitrogens is 2. The molecule has 0 atom stereocenters. The Morgan fingerprint density at radius 1 is 0.957 bits per heavy atom. The van der Waals surface area contributed by atoms with Crippen LogP contribution in [0.15, 0.2) is 66.7 Å². The lowest BCUT2D eigenvalue weighted by Gasteiger charge is -2.06. The Bertz CT molecular complexity index is 787. The van der Waals surface area contributed by atoms with Gasteiger partial charge in [-0.2, -0.15) is 4.68 Å². The van der Waals surface area contributed by atoms with Gasteiger partial charge in [0.05, 0.1) is 0 Å². The topological polar surface area (TPSA) is 59.0 Å². The first-order chi connectivity index (χ1) is 11.3. The molecule has 5 nitrogen and oxygen atoms in total. The molecule has 1 heterocycles. The summed E-state index contributed by atoms with van der Waals surface area (Å²) in [6.45, 7) is 0. The van der Waals surface area contributed by atoms with Crippen molar-refractivity contribution in [1.82, 2.24) is 9.78 Å². The molecule has 0 fully saturated rings. The molecular formula is C17H15ClN4O. The van der Waals surface area contributed by atoms with E-state index in [9.17, 15) is 4.79 Å². The standard InChI is InChI=1S/C17H15ClN4O/c18-12-17(23)22-16(20-14-9-5-2-6-10-14)11-15(21-22)19-13-7-3-1-4-8-13/h1-11,20H,12H2,(H,19,21). The highest BCUT2D eigenvalue weighted by Crippen LogP contribution is 2.22. The zero-order valence-electron chi connectivity index (χ0n) is 12.2. The van der Waals surface area contributed by atoms with E-state index in [0.29, 0.717) is 11.6 Å². The number of hydrogen-bond donors (Lipinski definition) is 2. The summed E-state index contributed by atoms with van der Waals surface area (Å²) in [6.07, 6.45) is 0. The lowest BCUT2D eigenvalue weighted by Crippen LogP contribution is -2.16. The fourth-order valence-corrected chi connectivity index (χ4v) is 2.23. The highest BCUT2D eigenvalue weighted by atomic mass is 35.5. The highest BCUT2D eigenvalue weighted by Gasteiger charge is 2.14. The molecule has 2 N–H and O–H groups in total. The monoisotopic (exact) mass is 326 g/mol. The van der Waals surface area contributed by atoms with Gasteiger partial charge in [-0.05, 0) is 24.3 Å². The number of para-hydroxylation sites is 2. The van der Waals surface area contributed by atoms with Crippen molar-refractivity contribution < 1.29 is 4.79 Å². The molecule has 0 saturated carbocycles. The van der Waals surface area contributed by atoms with Crippen LogP contribution in [-0.2, 0) is 0 Å². The van der Waals surface area contributed by atoms with Gasteiger partial charge in [0.1, 0.15) is 11.7 Å². The third kappa shape index (κ3) is 3.70. The van der Waals surface area contributed by atoms with Gasteiger partial charge in [0.2, 0.25) is 0 Å². The minimum Gasteiger partial charge on any atom is -0.340 e. The van der Waals surface area contributed by atoms with Crippen molar-refractivity contribution >= 4 is 40.5 Å². The summed E-state index contributed by atoms with van der Waals surface area (Å²) in [6, 6.07) is 21.0. The van der Waals surface area contributed by atoms with E-state index < -0.39 is 0 Å². The molecule has 0 spiro atoms. The van der Waals surface area contributed by atoms with E-state index >= 15 is 0 Å². The van der Waals surface area contributed by atoms with Gasteiger partial charge >= 0.3 is 0 Å². The summed E-state index contributed by atoms with van der Waals surface area (Å²) in [5, 5.41) is 10.6. The summed E-state index contributed by atoms with van der Waals surface area (Å²) in [5.41, 5.74) is 1.75. The van der Waals surface area contributed by atoms with Gasteiger partial charge in [-0.1, -0.05) is 36.4 Å². The number of halogens is 1.